The smallest absolute Gasteiger partial charge is 0.263 e. The summed E-state index contributed by atoms with van der Waals surface area (Å²) < 4.78 is 57.3. The molecule has 7 nitrogen and oxygen atoms in total. The minimum absolute atomic E-state index is 0.148. The fourth-order valence-electron chi connectivity index (χ4n) is 5.30. The standard InChI is InChI=1S/C32H29F2N5O2S/c33-29-14-15-30(37-42(40,41)27-5-4-17-35-21-27)31(34)28(29)13-10-25-9-8-24-16-20-39(32(24)36-25)26-11-6-23(7-12-26)22-38-18-2-1-3-19-38/h4-9,11-12,14-15,17,21,37H,1-3,16,18-20,22H2. The molecule has 0 aliphatic carbocycles. The molecule has 1 fully saturated rings. The lowest BCUT2D eigenvalue weighted by Gasteiger charge is -2.26. The van der Waals surface area contributed by atoms with Crippen LogP contribution in [0.4, 0.5) is 26.0 Å². The highest BCUT2D eigenvalue weighted by atomic mass is 32.2. The molecule has 6 rings (SSSR count). The van der Waals surface area contributed by atoms with Crippen LogP contribution < -0.4 is 9.62 Å². The predicted octanol–water partition coefficient (Wildman–Crippen LogP) is 5.64. The summed E-state index contributed by atoms with van der Waals surface area (Å²) in [6, 6.07) is 17.0. The van der Waals surface area contributed by atoms with E-state index in [1.54, 1.807) is 6.07 Å². The number of aromatic nitrogens is 2. The summed E-state index contributed by atoms with van der Waals surface area (Å²) in [4.78, 5) is 13.0. The molecule has 0 saturated carbocycles. The molecule has 1 N–H and O–H groups in total. The van der Waals surface area contributed by atoms with E-state index >= 15 is 4.39 Å². The Labute approximate surface area is 244 Å². The number of pyridine rings is 2. The minimum Gasteiger partial charge on any atom is -0.326 e. The maximum atomic E-state index is 15.2. The number of likely N-dealkylation sites (tertiary alicyclic amines) is 1. The first-order chi connectivity index (χ1) is 20.4. The second-order valence-corrected chi connectivity index (χ2v) is 12.1. The molecule has 4 aromatic rings. The van der Waals surface area contributed by atoms with Crippen molar-refractivity contribution in [3.8, 4) is 11.8 Å². The average molecular weight is 586 g/mol. The van der Waals surface area contributed by atoms with E-state index in [-0.39, 0.29) is 4.90 Å². The first-order valence-corrected chi connectivity index (χ1v) is 15.4. The second-order valence-electron chi connectivity index (χ2n) is 10.4. The molecule has 2 aromatic carbocycles. The zero-order valence-corrected chi connectivity index (χ0v) is 23.7. The first-order valence-electron chi connectivity index (χ1n) is 13.9. The topological polar surface area (TPSA) is 78.4 Å². The molecule has 1 saturated heterocycles. The van der Waals surface area contributed by atoms with Crippen molar-refractivity contribution in [3.05, 3.63) is 107 Å². The van der Waals surface area contributed by atoms with E-state index in [9.17, 15) is 12.8 Å². The van der Waals surface area contributed by atoms with Crippen LogP contribution in [0.25, 0.3) is 0 Å². The Kier molecular flexibility index (Phi) is 7.87. The number of nitrogens with one attached hydrogen (secondary N) is 1. The van der Waals surface area contributed by atoms with Crippen LogP contribution in [0, 0.1) is 23.5 Å². The number of hydrogen-bond donors (Lipinski definition) is 1. The molecule has 10 heteroatoms. The molecular weight excluding hydrogens is 556 g/mol. The van der Waals surface area contributed by atoms with Gasteiger partial charge in [-0.1, -0.05) is 30.5 Å². The zero-order valence-electron chi connectivity index (χ0n) is 22.9. The fraction of sp³-hybridized carbons (Fsp3) is 0.250. The number of rotatable bonds is 6. The number of anilines is 3. The summed E-state index contributed by atoms with van der Waals surface area (Å²) >= 11 is 0. The van der Waals surface area contributed by atoms with Gasteiger partial charge < -0.3 is 4.90 Å². The van der Waals surface area contributed by atoms with Gasteiger partial charge in [0.05, 0.1) is 11.3 Å². The van der Waals surface area contributed by atoms with Crippen molar-refractivity contribution >= 4 is 27.2 Å². The van der Waals surface area contributed by atoms with E-state index in [2.05, 4.69) is 55.6 Å². The van der Waals surface area contributed by atoms with Crippen LogP contribution >= 0.6 is 0 Å². The number of piperidine rings is 1. The van der Waals surface area contributed by atoms with Crippen molar-refractivity contribution in [3.63, 3.8) is 0 Å². The lowest BCUT2D eigenvalue weighted by molar-refractivity contribution is 0.221. The van der Waals surface area contributed by atoms with Gasteiger partial charge in [0.15, 0.2) is 5.82 Å². The van der Waals surface area contributed by atoms with Crippen LogP contribution in [-0.4, -0.2) is 42.9 Å². The van der Waals surface area contributed by atoms with Gasteiger partial charge in [0.2, 0.25) is 0 Å². The van der Waals surface area contributed by atoms with Crippen LogP contribution in [0.15, 0.2) is 78.0 Å². The molecule has 0 unspecified atom stereocenters. The van der Waals surface area contributed by atoms with Gasteiger partial charge in [0.25, 0.3) is 10.0 Å². The molecule has 0 bridgehead atoms. The summed E-state index contributed by atoms with van der Waals surface area (Å²) in [5.74, 6) is 4.04. The van der Waals surface area contributed by atoms with Gasteiger partial charge in [-0.2, -0.15) is 0 Å². The average Bonchev–Trinajstić information content (AvgIpc) is 3.43. The SMILES string of the molecule is O=S(=O)(Nc1ccc(F)c(C#Cc2ccc3c(n2)N(c2ccc(CN4CCCCC4)cc2)CC3)c1F)c1cccnc1. The number of hydrogen-bond acceptors (Lipinski definition) is 6. The molecule has 0 radical (unpaired) electrons. The van der Waals surface area contributed by atoms with E-state index in [1.165, 1.54) is 43.2 Å². The van der Waals surface area contributed by atoms with Crippen LogP contribution in [-0.2, 0) is 23.0 Å². The first kappa shape index (κ1) is 27.8. The third-order valence-electron chi connectivity index (χ3n) is 7.51. The fourth-order valence-corrected chi connectivity index (χ4v) is 6.33. The van der Waals surface area contributed by atoms with Crippen molar-refractivity contribution in [1.82, 2.24) is 14.9 Å². The molecule has 0 amide bonds. The van der Waals surface area contributed by atoms with Crippen molar-refractivity contribution in [2.45, 2.75) is 37.1 Å². The highest BCUT2D eigenvalue weighted by Crippen LogP contribution is 2.33. The van der Waals surface area contributed by atoms with Crippen LogP contribution in [0.5, 0.6) is 0 Å². The summed E-state index contributed by atoms with van der Waals surface area (Å²) in [5, 5.41) is 0. The highest BCUT2D eigenvalue weighted by molar-refractivity contribution is 7.92. The van der Waals surface area contributed by atoms with Crippen LogP contribution in [0.1, 0.15) is 41.6 Å². The minimum atomic E-state index is -4.13. The van der Waals surface area contributed by atoms with Gasteiger partial charge in [-0.25, -0.2) is 22.2 Å². The summed E-state index contributed by atoms with van der Waals surface area (Å²) in [6.07, 6.45) is 7.22. The van der Waals surface area contributed by atoms with Gasteiger partial charge in [0, 0.05) is 31.2 Å². The van der Waals surface area contributed by atoms with Gasteiger partial charge in [0.1, 0.15) is 22.2 Å². The zero-order chi connectivity index (χ0) is 29.1. The van der Waals surface area contributed by atoms with E-state index < -0.39 is 32.9 Å². The second kappa shape index (κ2) is 11.9. The maximum Gasteiger partial charge on any atom is 0.263 e. The Morgan fingerprint density at radius 2 is 1.71 bits per heavy atom. The molecule has 2 aromatic heterocycles. The van der Waals surface area contributed by atoms with Crippen molar-refractivity contribution in [2.75, 3.05) is 29.3 Å². The Bertz CT molecular complexity index is 1760. The Morgan fingerprint density at radius 1 is 0.905 bits per heavy atom. The summed E-state index contributed by atoms with van der Waals surface area (Å²) in [6.45, 7) is 4.02. The quantitative estimate of drug-likeness (QED) is 0.296. The molecule has 214 valence electrons. The van der Waals surface area contributed by atoms with Crippen LogP contribution in [0.2, 0.25) is 0 Å². The van der Waals surface area contributed by atoms with Crippen molar-refractivity contribution < 1.29 is 17.2 Å². The molecule has 0 atom stereocenters. The predicted molar refractivity (Wildman–Crippen MR) is 158 cm³/mol. The lowest BCUT2D eigenvalue weighted by Crippen LogP contribution is -2.29. The third kappa shape index (κ3) is 5.98. The number of sulfonamides is 1. The lowest BCUT2D eigenvalue weighted by atomic mass is 10.1. The number of fused-ring (bicyclic) bond motifs is 1. The van der Waals surface area contributed by atoms with Gasteiger partial charge in [-0.3, -0.25) is 14.6 Å². The van der Waals surface area contributed by atoms with E-state index in [1.807, 2.05) is 6.07 Å². The number of nitrogens with zero attached hydrogens (tertiary/aromatic N) is 4. The highest BCUT2D eigenvalue weighted by Gasteiger charge is 2.23. The monoisotopic (exact) mass is 585 g/mol. The summed E-state index contributed by atoms with van der Waals surface area (Å²) in [5.41, 5.74) is 2.76. The molecule has 2 aliphatic rings. The van der Waals surface area contributed by atoms with Crippen LogP contribution in [0.3, 0.4) is 0 Å². The largest absolute Gasteiger partial charge is 0.326 e. The van der Waals surface area contributed by atoms with E-state index in [0.717, 1.165) is 68.0 Å². The van der Waals surface area contributed by atoms with Crippen molar-refractivity contribution in [1.29, 1.82) is 0 Å². The van der Waals surface area contributed by atoms with Crippen molar-refractivity contribution in [2.24, 2.45) is 0 Å². The Morgan fingerprint density at radius 3 is 2.48 bits per heavy atom. The van der Waals surface area contributed by atoms with E-state index in [4.69, 9.17) is 4.98 Å². The summed E-state index contributed by atoms with van der Waals surface area (Å²) in [7, 11) is -4.13. The molecule has 2 aliphatic heterocycles. The molecule has 42 heavy (non-hydrogen) atoms. The maximum absolute atomic E-state index is 15.2. The van der Waals surface area contributed by atoms with Gasteiger partial charge in [-0.05, 0) is 91.9 Å². The Hall–Kier alpha value is -4.33. The Balaban J connectivity index is 1.22. The number of halogens is 2. The van der Waals surface area contributed by atoms with E-state index in [0.29, 0.717) is 5.69 Å². The van der Waals surface area contributed by atoms with Gasteiger partial charge in [-0.15, -0.1) is 0 Å². The third-order valence-corrected chi connectivity index (χ3v) is 8.87. The molecular formula is C32H29F2N5O2S. The molecule has 4 heterocycles. The normalized spacial score (nSPS) is 15.1. The number of benzene rings is 2. The molecule has 0 spiro atoms. The van der Waals surface area contributed by atoms with Gasteiger partial charge >= 0.3 is 0 Å².